The van der Waals surface area contributed by atoms with Crippen molar-refractivity contribution in [2.24, 2.45) is 0 Å². The Labute approximate surface area is 84.9 Å². The zero-order chi connectivity index (χ0) is 10.1. The van der Waals surface area contributed by atoms with Crippen molar-refractivity contribution in [3.63, 3.8) is 0 Å². The Morgan fingerprint density at radius 1 is 1.38 bits per heavy atom. The Morgan fingerprint density at radius 3 is 2.46 bits per heavy atom. The molecule has 1 aromatic rings. The summed E-state index contributed by atoms with van der Waals surface area (Å²) in [5, 5.41) is 0.753. The summed E-state index contributed by atoms with van der Waals surface area (Å²) in [6.45, 7) is 5.99. The second-order valence-electron chi connectivity index (χ2n) is 3.75. The van der Waals surface area contributed by atoms with Crippen LogP contribution < -0.4 is 0 Å². The van der Waals surface area contributed by atoms with Crippen molar-refractivity contribution >= 4 is 11.6 Å². The summed E-state index contributed by atoms with van der Waals surface area (Å²) >= 11 is 6.10. The van der Waals surface area contributed by atoms with Crippen LogP contribution in [0.15, 0.2) is 18.2 Å². The Kier molecular flexibility index (Phi) is 2.68. The topological polar surface area (TPSA) is 0 Å². The minimum atomic E-state index is -0.287. The number of halogens is 1. The maximum absolute atomic E-state index is 6.10. The molecule has 0 unspecified atom stereocenters. The summed E-state index contributed by atoms with van der Waals surface area (Å²) in [5.41, 5.74) is 1.88. The molecule has 0 amide bonds. The van der Waals surface area contributed by atoms with Crippen LogP contribution in [0.4, 0.5) is 0 Å². The molecule has 0 aliphatic heterocycles. The van der Waals surface area contributed by atoms with Gasteiger partial charge in [-0.25, -0.2) is 0 Å². The standard InChI is InChI=1S/C12H13Cl/c1-5-12(3,4)10-7-6-9(2)8-11(10)13/h1,6-8H,2-4H3. The van der Waals surface area contributed by atoms with E-state index in [9.17, 15) is 0 Å². The maximum Gasteiger partial charge on any atom is 0.0518 e. The second kappa shape index (κ2) is 3.44. The summed E-state index contributed by atoms with van der Waals surface area (Å²) in [4.78, 5) is 0. The Balaban J connectivity index is 3.26. The molecule has 1 heteroatoms. The van der Waals surface area contributed by atoms with E-state index in [1.165, 1.54) is 0 Å². The van der Waals surface area contributed by atoms with Crippen molar-refractivity contribution in [3.8, 4) is 12.3 Å². The van der Waals surface area contributed by atoms with Gasteiger partial charge in [-0.05, 0) is 38.0 Å². The van der Waals surface area contributed by atoms with Crippen molar-refractivity contribution in [3.05, 3.63) is 34.3 Å². The van der Waals surface area contributed by atoms with Gasteiger partial charge in [-0.15, -0.1) is 6.42 Å². The maximum atomic E-state index is 6.10. The summed E-state index contributed by atoms with van der Waals surface area (Å²) in [6, 6.07) is 5.97. The van der Waals surface area contributed by atoms with E-state index in [1.807, 2.05) is 39.0 Å². The number of hydrogen-bond donors (Lipinski definition) is 0. The fraction of sp³-hybridized carbons (Fsp3) is 0.333. The summed E-state index contributed by atoms with van der Waals surface area (Å²) < 4.78 is 0. The molecule has 0 fully saturated rings. The number of rotatable bonds is 1. The lowest BCUT2D eigenvalue weighted by molar-refractivity contribution is 0.699. The van der Waals surface area contributed by atoms with Crippen molar-refractivity contribution in [2.45, 2.75) is 26.2 Å². The highest BCUT2D eigenvalue weighted by Gasteiger charge is 2.19. The molecule has 0 spiro atoms. The van der Waals surface area contributed by atoms with Gasteiger partial charge in [0.25, 0.3) is 0 Å². The van der Waals surface area contributed by atoms with E-state index in [-0.39, 0.29) is 5.41 Å². The van der Waals surface area contributed by atoms with Crippen molar-refractivity contribution < 1.29 is 0 Å². The summed E-state index contributed by atoms with van der Waals surface area (Å²) in [6.07, 6.45) is 5.44. The van der Waals surface area contributed by atoms with Crippen LogP contribution in [-0.4, -0.2) is 0 Å². The number of hydrogen-bond acceptors (Lipinski definition) is 0. The molecule has 0 aliphatic carbocycles. The van der Waals surface area contributed by atoms with Gasteiger partial charge in [-0.2, -0.15) is 0 Å². The van der Waals surface area contributed by atoms with Crippen molar-refractivity contribution in [1.82, 2.24) is 0 Å². The summed E-state index contributed by atoms with van der Waals surface area (Å²) in [5.74, 6) is 2.73. The van der Waals surface area contributed by atoms with Crippen LogP contribution in [0.3, 0.4) is 0 Å². The molecule has 0 bridgehead atoms. The van der Waals surface area contributed by atoms with Gasteiger partial charge >= 0.3 is 0 Å². The Bertz CT molecular complexity index is 356. The van der Waals surface area contributed by atoms with E-state index in [0.29, 0.717) is 0 Å². The number of terminal acetylenes is 1. The van der Waals surface area contributed by atoms with Gasteiger partial charge in [0.05, 0.1) is 5.41 Å². The highest BCUT2D eigenvalue weighted by atomic mass is 35.5. The van der Waals surface area contributed by atoms with Gasteiger partial charge in [0.15, 0.2) is 0 Å². The van der Waals surface area contributed by atoms with Gasteiger partial charge in [0.2, 0.25) is 0 Å². The molecule has 0 atom stereocenters. The minimum absolute atomic E-state index is 0.287. The summed E-state index contributed by atoms with van der Waals surface area (Å²) in [7, 11) is 0. The van der Waals surface area contributed by atoms with E-state index in [4.69, 9.17) is 18.0 Å². The van der Waals surface area contributed by atoms with Gasteiger partial charge in [0.1, 0.15) is 0 Å². The van der Waals surface area contributed by atoms with E-state index in [2.05, 4.69) is 5.92 Å². The average molecular weight is 193 g/mol. The molecule has 0 N–H and O–H groups in total. The van der Waals surface area contributed by atoms with E-state index in [1.54, 1.807) is 0 Å². The Hall–Kier alpha value is -0.930. The highest BCUT2D eigenvalue weighted by molar-refractivity contribution is 6.31. The fourth-order valence-corrected chi connectivity index (χ4v) is 1.68. The molecule has 0 saturated heterocycles. The highest BCUT2D eigenvalue weighted by Crippen LogP contribution is 2.29. The Morgan fingerprint density at radius 2 is 2.00 bits per heavy atom. The van der Waals surface area contributed by atoms with Crippen LogP contribution in [0, 0.1) is 19.3 Å². The van der Waals surface area contributed by atoms with Gasteiger partial charge in [-0.3, -0.25) is 0 Å². The molecule has 0 heterocycles. The molecule has 0 radical (unpaired) electrons. The first-order valence-electron chi connectivity index (χ1n) is 4.22. The van der Waals surface area contributed by atoms with Gasteiger partial charge < -0.3 is 0 Å². The zero-order valence-corrected chi connectivity index (χ0v) is 8.94. The SMILES string of the molecule is C#CC(C)(C)c1ccc(C)cc1Cl. The number of aryl methyl sites for hydroxylation is 1. The predicted molar refractivity (Wildman–Crippen MR) is 58.0 cm³/mol. The van der Waals surface area contributed by atoms with Crippen LogP contribution in [0.25, 0.3) is 0 Å². The van der Waals surface area contributed by atoms with Crippen molar-refractivity contribution in [2.75, 3.05) is 0 Å². The molecule has 0 aromatic heterocycles. The molecule has 0 aliphatic rings. The third kappa shape index (κ3) is 2.05. The molecule has 1 rings (SSSR count). The zero-order valence-electron chi connectivity index (χ0n) is 8.19. The monoisotopic (exact) mass is 192 g/mol. The van der Waals surface area contributed by atoms with E-state index >= 15 is 0 Å². The molecule has 68 valence electrons. The molecule has 13 heavy (non-hydrogen) atoms. The first kappa shape index (κ1) is 10.2. The molecular formula is C12H13Cl. The predicted octanol–water partition coefficient (Wildman–Crippen LogP) is 3.56. The molecule has 1 aromatic carbocycles. The molecule has 0 nitrogen and oxygen atoms in total. The minimum Gasteiger partial charge on any atom is -0.119 e. The van der Waals surface area contributed by atoms with Crippen LogP contribution in [0.2, 0.25) is 5.02 Å². The normalized spacial score (nSPS) is 11.0. The number of benzene rings is 1. The largest absolute Gasteiger partial charge is 0.119 e. The third-order valence-corrected chi connectivity index (χ3v) is 2.47. The second-order valence-corrected chi connectivity index (χ2v) is 4.16. The quantitative estimate of drug-likeness (QED) is 0.597. The van der Waals surface area contributed by atoms with Crippen LogP contribution >= 0.6 is 11.6 Å². The van der Waals surface area contributed by atoms with Crippen LogP contribution in [0.5, 0.6) is 0 Å². The lowest BCUT2D eigenvalue weighted by atomic mass is 9.85. The first-order valence-corrected chi connectivity index (χ1v) is 4.59. The van der Waals surface area contributed by atoms with Crippen LogP contribution in [-0.2, 0) is 5.41 Å². The van der Waals surface area contributed by atoms with E-state index in [0.717, 1.165) is 16.1 Å². The third-order valence-electron chi connectivity index (χ3n) is 2.16. The smallest absolute Gasteiger partial charge is 0.0518 e. The van der Waals surface area contributed by atoms with Gasteiger partial charge in [0, 0.05) is 5.02 Å². The lowest BCUT2D eigenvalue weighted by Crippen LogP contribution is -2.14. The molecule has 0 saturated carbocycles. The van der Waals surface area contributed by atoms with Crippen LogP contribution in [0.1, 0.15) is 25.0 Å². The molecular weight excluding hydrogens is 180 g/mol. The lowest BCUT2D eigenvalue weighted by Gasteiger charge is -2.19. The van der Waals surface area contributed by atoms with E-state index < -0.39 is 0 Å². The fourth-order valence-electron chi connectivity index (χ4n) is 1.20. The first-order chi connectivity index (χ1) is 5.97. The van der Waals surface area contributed by atoms with Gasteiger partial charge in [-0.1, -0.05) is 29.7 Å². The average Bonchev–Trinajstić information content (AvgIpc) is 2.03. The van der Waals surface area contributed by atoms with Crippen molar-refractivity contribution in [1.29, 1.82) is 0 Å².